The Kier molecular flexibility index (Phi) is 5.42. The van der Waals surface area contributed by atoms with E-state index < -0.39 is 12.3 Å². The number of anilines is 1. The molecular formula is C13H14F3NO3. The monoisotopic (exact) mass is 289 g/mol. The van der Waals surface area contributed by atoms with Crippen LogP contribution >= 0.6 is 0 Å². The first-order chi connectivity index (χ1) is 9.31. The van der Waals surface area contributed by atoms with E-state index >= 15 is 0 Å². The Labute approximate surface area is 114 Å². The molecule has 0 saturated heterocycles. The van der Waals surface area contributed by atoms with Gasteiger partial charge in [-0.05, 0) is 31.2 Å². The molecule has 0 bridgehead atoms. The van der Waals surface area contributed by atoms with Gasteiger partial charge in [0, 0.05) is 17.8 Å². The summed E-state index contributed by atoms with van der Waals surface area (Å²) in [4.78, 5) is 11.3. The first-order valence-electron chi connectivity index (χ1n) is 5.76. The fraction of sp³-hybridized carbons (Fsp3) is 0.308. The maximum atomic E-state index is 12.0. The summed E-state index contributed by atoms with van der Waals surface area (Å²) in [5.74, 6) is -0.829. The third kappa shape index (κ3) is 5.64. The van der Waals surface area contributed by atoms with Gasteiger partial charge in [0.2, 0.25) is 0 Å². The van der Waals surface area contributed by atoms with Crippen molar-refractivity contribution >= 4 is 11.7 Å². The van der Waals surface area contributed by atoms with E-state index in [1.807, 2.05) is 0 Å². The van der Waals surface area contributed by atoms with Crippen molar-refractivity contribution in [1.29, 1.82) is 0 Å². The predicted molar refractivity (Wildman–Crippen MR) is 67.4 cm³/mol. The summed E-state index contributed by atoms with van der Waals surface area (Å²) in [7, 11) is 0. The fourth-order valence-electron chi connectivity index (χ4n) is 1.29. The molecule has 0 spiro atoms. The zero-order valence-corrected chi connectivity index (χ0v) is 10.8. The van der Waals surface area contributed by atoms with Crippen molar-refractivity contribution in [3.05, 3.63) is 36.4 Å². The Morgan fingerprint density at radius 3 is 2.40 bits per heavy atom. The van der Waals surface area contributed by atoms with Crippen LogP contribution in [0.1, 0.15) is 6.92 Å². The van der Waals surface area contributed by atoms with E-state index in [-0.39, 0.29) is 24.5 Å². The van der Waals surface area contributed by atoms with Crippen LogP contribution in [0.2, 0.25) is 0 Å². The van der Waals surface area contributed by atoms with Gasteiger partial charge in [0.25, 0.3) is 0 Å². The Balaban J connectivity index is 2.50. The van der Waals surface area contributed by atoms with Crippen LogP contribution in [0.4, 0.5) is 18.9 Å². The quantitative estimate of drug-likeness (QED) is 0.645. The molecule has 0 fully saturated rings. The van der Waals surface area contributed by atoms with Crippen LogP contribution in [-0.4, -0.2) is 25.5 Å². The lowest BCUT2D eigenvalue weighted by Crippen LogP contribution is -2.17. The Morgan fingerprint density at radius 1 is 1.30 bits per heavy atom. The molecular weight excluding hydrogens is 275 g/mol. The minimum absolute atomic E-state index is 0.137. The zero-order chi connectivity index (χ0) is 15.2. The van der Waals surface area contributed by atoms with E-state index in [0.717, 1.165) is 0 Å². The van der Waals surface area contributed by atoms with E-state index in [1.54, 1.807) is 6.92 Å². The van der Waals surface area contributed by atoms with Crippen molar-refractivity contribution in [3.8, 4) is 5.75 Å². The summed E-state index contributed by atoms with van der Waals surface area (Å²) in [5.41, 5.74) is 0.757. The smallest absolute Gasteiger partial charge is 0.463 e. The van der Waals surface area contributed by atoms with Crippen molar-refractivity contribution in [2.24, 2.45) is 0 Å². The lowest BCUT2D eigenvalue weighted by molar-refractivity contribution is -0.274. The highest BCUT2D eigenvalue weighted by Crippen LogP contribution is 2.23. The number of hydrogen-bond acceptors (Lipinski definition) is 4. The molecule has 0 radical (unpaired) electrons. The summed E-state index contributed by atoms with van der Waals surface area (Å²) >= 11 is 0. The molecule has 20 heavy (non-hydrogen) atoms. The minimum Gasteiger partial charge on any atom is -0.463 e. The summed E-state index contributed by atoms with van der Waals surface area (Å²) < 4.78 is 44.3. The SMILES string of the molecule is C=C(CNc1ccc(OC(F)(F)F)cc1)C(=O)OCC. The van der Waals surface area contributed by atoms with Crippen molar-refractivity contribution < 1.29 is 27.4 Å². The van der Waals surface area contributed by atoms with Gasteiger partial charge in [0.05, 0.1) is 6.61 Å². The van der Waals surface area contributed by atoms with Crippen molar-refractivity contribution in [1.82, 2.24) is 0 Å². The molecule has 0 amide bonds. The van der Waals surface area contributed by atoms with E-state index in [1.165, 1.54) is 24.3 Å². The van der Waals surface area contributed by atoms with Crippen LogP contribution in [0, 0.1) is 0 Å². The highest BCUT2D eigenvalue weighted by atomic mass is 19.4. The Morgan fingerprint density at radius 2 is 1.90 bits per heavy atom. The number of nitrogens with one attached hydrogen (secondary N) is 1. The molecule has 0 heterocycles. The van der Waals surface area contributed by atoms with Gasteiger partial charge in [-0.1, -0.05) is 6.58 Å². The molecule has 1 N–H and O–H groups in total. The minimum atomic E-state index is -4.72. The van der Waals surface area contributed by atoms with E-state index in [4.69, 9.17) is 4.74 Å². The number of rotatable bonds is 6. The van der Waals surface area contributed by atoms with Gasteiger partial charge >= 0.3 is 12.3 Å². The van der Waals surface area contributed by atoms with Crippen LogP contribution in [0.5, 0.6) is 5.75 Å². The number of alkyl halides is 3. The summed E-state index contributed by atoms with van der Waals surface area (Å²) in [6.45, 7) is 5.61. The molecule has 0 unspecified atom stereocenters. The van der Waals surface area contributed by atoms with Crippen molar-refractivity contribution in [3.63, 3.8) is 0 Å². The van der Waals surface area contributed by atoms with Gasteiger partial charge in [-0.3, -0.25) is 0 Å². The number of hydrogen-bond donors (Lipinski definition) is 1. The second-order valence-electron chi connectivity index (χ2n) is 3.75. The van der Waals surface area contributed by atoms with Crippen LogP contribution in [-0.2, 0) is 9.53 Å². The van der Waals surface area contributed by atoms with Gasteiger partial charge in [-0.15, -0.1) is 13.2 Å². The molecule has 0 aliphatic heterocycles. The molecule has 0 aromatic heterocycles. The van der Waals surface area contributed by atoms with Gasteiger partial charge in [0.1, 0.15) is 5.75 Å². The molecule has 1 rings (SSSR count). The molecule has 4 nitrogen and oxygen atoms in total. The molecule has 0 aliphatic rings. The second-order valence-corrected chi connectivity index (χ2v) is 3.75. The van der Waals surface area contributed by atoms with Crippen LogP contribution in [0.25, 0.3) is 0 Å². The van der Waals surface area contributed by atoms with E-state index in [9.17, 15) is 18.0 Å². The number of carbonyl (C=O) groups is 1. The average molecular weight is 289 g/mol. The first-order valence-corrected chi connectivity index (χ1v) is 5.76. The zero-order valence-electron chi connectivity index (χ0n) is 10.8. The third-order valence-electron chi connectivity index (χ3n) is 2.16. The normalized spacial score (nSPS) is 10.8. The van der Waals surface area contributed by atoms with Gasteiger partial charge in [-0.2, -0.15) is 0 Å². The molecule has 1 aromatic rings. The Bertz CT molecular complexity index is 469. The molecule has 1 aromatic carbocycles. The molecule has 7 heteroatoms. The van der Waals surface area contributed by atoms with Crippen molar-refractivity contribution in [2.75, 3.05) is 18.5 Å². The standard InChI is InChI=1S/C13H14F3NO3/c1-3-19-12(18)9(2)8-17-10-4-6-11(7-5-10)20-13(14,15)16/h4-7,17H,2-3,8H2,1H3. The highest BCUT2D eigenvalue weighted by Gasteiger charge is 2.30. The number of carbonyl (C=O) groups excluding carboxylic acids is 1. The third-order valence-corrected chi connectivity index (χ3v) is 2.16. The van der Waals surface area contributed by atoms with Gasteiger partial charge < -0.3 is 14.8 Å². The number of esters is 1. The average Bonchev–Trinajstić information content (AvgIpc) is 2.36. The summed E-state index contributed by atoms with van der Waals surface area (Å²) in [6.07, 6.45) is -4.72. The highest BCUT2D eigenvalue weighted by molar-refractivity contribution is 5.88. The summed E-state index contributed by atoms with van der Waals surface area (Å²) in [6, 6.07) is 5.14. The lowest BCUT2D eigenvalue weighted by Gasteiger charge is -2.11. The first kappa shape index (κ1) is 15.9. The number of halogens is 3. The van der Waals surface area contributed by atoms with Gasteiger partial charge in [-0.25, -0.2) is 4.79 Å². The van der Waals surface area contributed by atoms with E-state index in [2.05, 4.69) is 16.6 Å². The van der Waals surface area contributed by atoms with Crippen LogP contribution < -0.4 is 10.1 Å². The summed E-state index contributed by atoms with van der Waals surface area (Å²) in [5, 5.41) is 2.84. The predicted octanol–water partition coefficient (Wildman–Crippen LogP) is 3.12. The largest absolute Gasteiger partial charge is 0.573 e. The molecule has 0 saturated carbocycles. The maximum Gasteiger partial charge on any atom is 0.573 e. The van der Waals surface area contributed by atoms with Gasteiger partial charge in [0.15, 0.2) is 0 Å². The van der Waals surface area contributed by atoms with Crippen LogP contribution in [0.15, 0.2) is 36.4 Å². The van der Waals surface area contributed by atoms with E-state index in [0.29, 0.717) is 5.69 Å². The van der Waals surface area contributed by atoms with Crippen molar-refractivity contribution in [2.45, 2.75) is 13.3 Å². The fourth-order valence-corrected chi connectivity index (χ4v) is 1.29. The second kappa shape index (κ2) is 6.83. The molecule has 0 aliphatic carbocycles. The molecule has 0 atom stereocenters. The number of benzene rings is 1. The Hall–Kier alpha value is -2.18. The maximum absolute atomic E-state index is 12.0. The molecule has 110 valence electrons. The number of ether oxygens (including phenoxy) is 2. The lowest BCUT2D eigenvalue weighted by atomic mass is 10.2. The van der Waals surface area contributed by atoms with Crippen LogP contribution in [0.3, 0.4) is 0 Å². The topological polar surface area (TPSA) is 47.6 Å².